The van der Waals surface area contributed by atoms with E-state index >= 15 is 0 Å². The van der Waals surface area contributed by atoms with Crippen molar-refractivity contribution in [2.75, 3.05) is 19.0 Å². The van der Waals surface area contributed by atoms with Crippen LogP contribution in [0.1, 0.15) is 16.1 Å². The summed E-state index contributed by atoms with van der Waals surface area (Å²) in [7, 11) is -0.637. The molecule has 0 saturated heterocycles. The maximum atomic E-state index is 13.3. The Morgan fingerprint density at radius 2 is 1.77 bits per heavy atom. The SMILES string of the molecule is CN(C)S(=O)(=O)c1ccc(C(=O)N(Cc2ccco2)c2nc3ccccc3s2)cc1. The Labute approximate surface area is 178 Å². The topological polar surface area (TPSA) is 83.7 Å². The fourth-order valence-corrected chi connectivity index (χ4v) is 4.76. The van der Waals surface area contributed by atoms with E-state index in [1.165, 1.54) is 49.7 Å². The van der Waals surface area contributed by atoms with Crippen LogP contribution in [0.5, 0.6) is 0 Å². The molecule has 0 atom stereocenters. The van der Waals surface area contributed by atoms with Gasteiger partial charge in [-0.1, -0.05) is 23.5 Å². The molecule has 1 amide bonds. The Kier molecular flexibility index (Phi) is 5.42. The van der Waals surface area contributed by atoms with Gasteiger partial charge in [-0.2, -0.15) is 0 Å². The molecule has 4 aromatic rings. The number of para-hydroxylation sites is 1. The molecule has 4 rings (SSSR count). The van der Waals surface area contributed by atoms with Gasteiger partial charge < -0.3 is 4.42 Å². The van der Waals surface area contributed by atoms with Crippen LogP contribution in [-0.4, -0.2) is 37.7 Å². The van der Waals surface area contributed by atoms with Crippen molar-refractivity contribution in [1.82, 2.24) is 9.29 Å². The molecule has 2 heterocycles. The monoisotopic (exact) mass is 441 g/mol. The highest BCUT2D eigenvalue weighted by molar-refractivity contribution is 7.89. The van der Waals surface area contributed by atoms with E-state index in [0.717, 1.165) is 14.5 Å². The standard InChI is InChI=1S/C21H19N3O4S2/c1-23(2)30(26,27)17-11-9-15(10-12-17)20(25)24(14-16-6-5-13-28-16)21-22-18-7-3-4-8-19(18)29-21/h3-13H,14H2,1-2H3. The van der Waals surface area contributed by atoms with Crippen molar-refractivity contribution in [2.45, 2.75) is 11.4 Å². The molecular weight excluding hydrogens is 422 g/mol. The summed E-state index contributed by atoms with van der Waals surface area (Å²) in [6.45, 7) is 0.212. The Morgan fingerprint density at radius 1 is 1.03 bits per heavy atom. The average molecular weight is 442 g/mol. The Balaban J connectivity index is 1.70. The van der Waals surface area contributed by atoms with E-state index in [-0.39, 0.29) is 17.3 Å². The highest BCUT2D eigenvalue weighted by Gasteiger charge is 2.24. The largest absolute Gasteiger partial charge is 0.467 e. The van der Waals surface area contributed by atoms with Gasteiger partial charge >= 0.3 is 0 Å². The van der Waals surface area contributed by atoms with Gasteiger partial charge in [-0.3, -0.25) is 9.69 Å². The zero-order chi connectivity index (χ0) is 21.3. The van der Waals surface area contributed by atoms with E-state index in [1.807, 2.05) is 24.3 Å². The first-order valence-corrected chi connectivity index (χ1v) is 11.3. The molecule has 0 N–H and O–H groups in total. The van der Waals surface area contributed by atoms with E-state index in [4.69, 9.17) is 4.42 Å². The molecule has 0 aliphatic carbocycles. The van der Waals surface area contributed by atoms with E-state index in [1.54, 1.807) is 23.3 Å². The van der Waals surface area contributed by atoms with Gasteiger partial charge in [-0.05, 0) is 48.5 Å². The van der Waals surface area contributed by atoms with Crippen LogP contribution >= 0.6 is 11.3 Å². The highest BCUT2D eigenvalue weighted by Crippen LogP contribution is 2.31. The first kappa shape index (κ1) is 20.3. The van der Waals surface area contributed by atoms with Crippen molar-refractivity contribution < 1.29 is 17.6 Å². The second-order valence-electron chi connectivity index (χ2n) is 6.75. The van der Waals surface area contributed by atoms with Crippen LogP contribution in [0.15, 0.2) is 76.2 Å². The first-order valence-electron chi connectivity index (χ1n) is 9.08. The van der Waals surface area contributed by atoms with Crippen molar-refractivity contribution in [3.8, 4) is 0 Å². The second-order valence-corrected chi connectivity index (χ2v) is 9.91. The van der Waals surface area contributed by atoms with Gasteiger partial charge in [0, 0.05) is 19.7 Å². The Morgan fingerprint density at radius 3 is 2.40 bits per heavy atom. The second kappa shape index (κ2) is 8.02. The van der Waals surface area contributed by atoms with Gasteiger partial charge in [0.05, 0.1) is 27.9 Å². The predicted molar refractivity (Wildman–Crippen MR) is 116 cm³/mol. The Bertz CT molecular complexity index is 1240. The molecular formula is C21H19N3O4S2. The van der Waals surface area contributed by atoms with E-state index in [0.29, 0.717) is 16.5 Å². The van der Waals surface area contributed by atoms with E-state index in [2.05, 4.69) is 4.98 Å². The van der Waals surface area contributed by atoms with Crippen LogP contribution in [-0.2, 0) is 16.6 Å². The number of aromatic nitrogens is 1. The van der Waals surface area contributed by atoms with Gasteiger partial charge in [0.1, 0.15) is 5.76 Å². The number of sulfonamides is 1. The molecule has 0 fully saturated rings. The summed E-state index contributed by atoms with van der Waals surface area (Å²) < 4.78 is 32.1. The van der Waals surface area contributed by atoms with Gasteiger partial charge in [0.25, 0.3) is 5.91 Å². The van der Waals surface area contributed by atoms with Gasteiger partial charge in [-0.15, -0.1) is 0 Å². The zero-order valence-corrected chi connectivity index (χ0v) is 18.0. The lowest BCUT2D eigenvalue weighted by Crippen LogP contribution is -2.30. The predicted octanol–water partition coefficient (Wildman–Crippen LogP) is 3.99. The van der Waals surface area contributed by atoms with Crippen LogP contribution in [0.2, 0.25) is 0 Å². The van der Waals surface area contributed by atoms with E-state index < -0.39 is 10.0 Å². The summed E-state index contributed by atoms with van der Waals surface area (Å²) in [5.41, 5.74) is 1.17. The van der Waals surface area contributed by atoms with Crippen molar-refractivity contribution in [1.29, 1.82) is 0 Å². The van der Waals surface area contributed by atoms with E-state index in [9.17, 15) is 13.2 Å². The molecule has 7 nitrogen and oxygen atoms in total. The molecule has 0 radical (unpaired) electrons. The molecule has 154 valence electrons. The smallest absolute Gasteiger partial charge is 0.260 e. The lowest BCUT2D eigenvalue weighted by atomic mass is 10.2. The minimum Gasteiger partial charge on any atom is -0.467 e. The molecule has 9 heteroatoms. The van der Waals surface area contributed by atoms with Crippen LogP contribution in [0.3, 0.4) is 0 Å². The number of carbonyl (C=O) groups is 1. The normalized spacial score (nSPS) is 11.8. The number of anilines is 1. The molecule has 0 aliphatic heterocycles. The number of carbonyl (C=O) groups excluding carboxylic acids is 1. The summed E-state index contributed by atoms with van der Waals surface area (Å²) in [6, 6.07) is 17.1. The molecule has 30 heavy (non-hydrogen) atoms. The lowest BCUT2D eigenvalue weighted by molar-refractivity contribution is 0.0983. The molecule has 0 unspecified atom stereocenters. The van der Waals surface area contributed by atoms with Crippen LogP contribution in [0.4, 0.5) is 5.13 Å². The Hall–Kier alpha value is -3.01. The number of hydrogen-bond donors (Lipinski definition) is 0. The maximum Gasteiger partial charge on any atom is 0.260 e. The number of furan rings is 1. The fourth-order valence-electron chi connectivity index (χ4n) is 2.90. The third-order valence-corrected chi connectivity index (χ3v) is 7.42. The third kappa shape index (κ3) is 3.87. The van der Waals surface area contributed by atoms with Crippen molar-refractivity contribution >= 4 is 42.6 Å². The van der Waals surface area contributed by atoms with Crippen molar-refractivity contribution in [3.05, 3.63) is 78.3 Å². The van der Waals surface area contributed by atoms with Crippen molar-refractivity contribution in [3.63, 3.8) is 0 Å². The quantitative estimate of drug-likeness (QED) is 0.452. The number of rotatable bonds is 6. The number of amides is 1. The van der Waals surface area contributed by atoms with Crippen LogP contribution in [0.25, 0.3) is 10.2 Å². The third-order valence-electron chi connectivity index (χ3n) is 4.53. The van der Waals surface area contributed by atoms with Crippen molar-refractivity contribution in [2.24, 2.45) is 0 Å². The minimum absolute atomic E-state index is 0.127. The van der Waals surface area contributed by atoms with Gasteiger partial charge in [0.2, 0.25) is 10.0 Å². The highest BCUT2D eigenvalue weighted by atomic mass is 32.2. The summed E-state index contributed by atoms with van der Waals surface area (Å²) in [5.74, 6) is 0.327. The first-order chi connectivity index (χ1) is 14.4. The summed E-state index contributed by atoms with van der Waals surface area (Å²) in [5, 5.41) is 0.544. The fraction of sp³-hybridized carbons (Fsp3) is 0.143. The molecule has 0 saturated carbocycles. The molecule has 2 aromatic heterocycles. The van der Waals surface area contributed by atoms with Crippen LogP contribution in [0, 0.1) is 0 Å². The number of thiazole rings is 1. The summed E-state index contributed by atoms with van der Waals surface area (Å²) in [4.78, 5) is 19.6. The number of fused-ring (bicyclic) bond motifs is 1. The molecule has 0 aliphatic rings. The van der Waals surface area contributed by atoms with Crippen LogP contribution < -0.4 is 4.90 Å². The number of benzene rings is 2. The van der Waals surface area contributed by atoms with Gasteiger partial charge in [-0.25, -0.2) is 17.7 Å². The zero-order valence-electron chi connectivity index (χ0n) is 16.3. The number of hydrogen-bond acceptors (Lipinski definition) is 6. The maximum absolute atomic E-state index is 13.3. The molecule has 2 aromatic carbocycles. The lowest BCUT2D eigenvalue weighted by Gasteiger charge is -2.19. The average Bonchev–Trinajstić information content (AvgIpc) is 3.40. The number of nitrogens with zero attached hydrogens (tertiary/aromatic N) is 3. The van der Waals surface area contributed by atoms with Gasteiger partial charge in [0.15, 0.2) is 5.13 Å². The summed E-state index contributed by atoms with van der Waals surface area (Å²) in [6.07, 6.45) is 1.55. The minimum atomic E-state index is -3.57. The molecule has 0 spiro atoms. The summed E-state index contributed by atoms with van der Waals surface area (Å²) >= 11 is 1.41. The molecule has 0 bridgehead atoms.